The first-order chi connectivity index (χ1) is 15.6. The maximum absolute atomic E-state index is 13.1. The Morgan fingerprint density at radius 1 is 1.22 bits per heavy atom. The molecule has 1 aliphatic rings. The lowest BCUT2D eigenvalue weighted by atomic mass is 10.0. The molecule has 0 spiro atoms. The second kappa shape index (κ2) is 9.51. The molecule has 166 valence electrons. The van der Waals surface area contributed by atoms with Crippen molar-refractivity contribution in [3.63, 3.8) is 0 Å². The molecule has 0 radical (unpaired) electrons. The number of amides is 2. The molecular formula is C23H25N5O4. The van der Waals surface area contributed by atoms with E-state index in [0.29, 0.717) is 43.2 Å². The molecule has 0 saturated carbocycles. The third-order valence-corrected chi connectivity index (χ3v) is 5.51. The van der Waals surface area contributed by atoms with Gasteiger partial charge < -0.3 is 19.7 Å². The molecule has 9 heteroatoms. The van der Waals surface area contributed by atoms with Gasteiger partial charge in [-0.3, -0.25) is 19.7 Å². The first-order valence-corrected chi connectivity index (χ1v) is 10.3. The van der Waals surface area contributed by atoms with Crippen molar-refractivity contribution >= 4 is 11.8 Å². The van der Waals surface area contributed by atoms with Gasteiger partial charge in [-0.15, -0.1) is 0 Å². The van der Waals surface area contributed by atoms with Crippen LogP contribution in [0, 0.1) is 0 Å². The molecule has 4 rings (SSSR count). The number of benzene rings is 1. The van der Waals surface area contributed by atoms with E-state index < -0.39 is 0 Å². The number of hydrogen-bond donors (Lipinski definition) is 2. The van der Waals surface area contributed by atoms with Gasteiger partial charge >= 0.3 is 0 Å². The lowest BCUT2D eigenvalue weighted by Crippen LogP contribution is -2.37. The summed E-state index contributed by atoms with van der Waals surface area (Å²) in [5.41, 5.74) is 3.62. The molecule has 9 nitrogen and oxygen atoms in total. The number of hydrogen-bond acceptors (Lipinski definition) is 6. The average molecular weight is 435 g/mol. The summed E-state index contributed by atoms with van der Waals surface area (Å²) < 4.78 is 10.7. The molecule has 1 aromatic carbocycles. The second-order valence-corrected chi connectivity index (χ2v) is 7.49. The highest BCUT2D eigenvalue weighted by molar-refractivity contribution is 5.94. The number of carbonyl (C=O) groups excluding carboxylic acids is 2. The maximum Gasteiger partial charge on any atom is 0.272 e. The Balaban J connectivity index is 1.45. The molecular weight excluding hydrogens is 410 g/mol. The number of rotatable bonds is 7. The van der Waals surface area contributed by atoms with Gasteiger partial charge in [-0.1, -0.05) is 6.07 Å². The van der Waals surface area contributed by atoms with Crippen LogP contribution in [0.2, 0.25) is 0 Å². The monoisotopic (exact) mass is 435 g/mol. The summed E-state index contributed by atoms with van der Waals surface area (Å²) in [5, 5.41) is 10.0. The Hall–Kier alpha value is -3.88. The van der Waals surface area contributed by atoms with Gasteiger partial charge in [-0.2, -0.15) is 5.10 Å². The van der Waals surface area contributed by atoms with Crippen molar-refractivity contribution in [1.82, 2.24) is 25.4 Å². The largest absolute Gasteiger partial charge is 0.497 e. The van der Waals surface area contributed by atoms with Crippen LogP contribution in [0.4, 0.5) is 0 Å². The fourth-order valence-electron chi connectivity index (χ4n) is 3.76. The van der Waals surface area contributed by atoms with Crippen molar-refractivity contribution in [2.75, 3.05) is 20.8 Å². The van der Waals surface area contributed by atoms with Crippen LogP contribution >= 0.6 is 0 Å². The molecule has 0 atom stereocenters. The molecule has 32 heavy (non-hydrogen) atoms. The van der Waals surface area contributed by atoms with Gasteiger partial charge in [0, 0.05) is 55.3 Å². The van der Waals surface area contributed by atoms with E-state index in [1.807, 2.05) is 12.1 Å². The number of fused-ring (bicyclic) bond motifs is 1. The van der Waals surface area contributed by atoms with Crippen LogP contribution in [0.3, 0.4) is 0 Å². The minimum atomic E-state index is -0.282. The number of nitrogens with zero attached hydrogens (tertiary/aromatic N) is 3. The minimum absolute atomic E-state index is 0.0508. The first-order valence-electron chi connectivity index (χ1n) is 10.3. The summed E-state index contributed by atoms with van der Waals surface area (Å²) in [4.78, 5) is 31.6. The van der Waals surface area contributed by atoms with Crippen LogP contribution < -0.4 is 14.8 Å². The first kappa shape index (κ1) is 21.4. The van der Waals surface area contributed by atoms with Crippen molar-refractivity contribution < 1.29 is 19.1 Å². The molecule has 2 N–H and O–H groups in total. The smallest absolute Gasteiger partial charge is 0.272 e. The number of methoxy groups -OCH3 is 2. The summed E-state index contributed by atoms with van der Waals surface area (Å²) in [6.07, 6.45) is 4.17. The van der Waals surface area contributed by atoms with E-state index in [1.165, 1.54) is 0 Å². The van der Waals surface area contributed by atoms with E-state index in [-0.39, 0.29) is 18.2 Å². The zero-order valence-electron chi connectivity index (χ0n) is 18.1. The van der Waals surface area contributed by atoms with Crippen molar-refractivity contribution in [3.8, 4) is 11.5 Å². The van der Waals surface area contributed by atoms with Crippen molar-refractivity contribution in [2.24, 2.45) is 0 Å². The predicted molar refractivity (Wildman–Crippen MR) is 116 cm³/mol. The fraction of sp³-hybridized carbons (Fsp3) is 0.304. The number of aromatic nitrogens is 3. The van der Waals surface area contributed by atoms with Crippen molar-refractivity contribution in [1.29, 1.82) is 0 Å². The Bertz CT molecular complexity index is 1110. The Labute approximate surface area is 185 Å². The molecule has 0 unspecified atom stereocenters. The van der Waals surface area contributed by atoms with Gasteiger partial charge in [0.1, 0.15) is 11.5 Å². The third-order valence-electron chi connectivity index (χ3n) is 5.51. The fourth-order valence-corrected chi connectivity index (χ4v) is 3.76. The van der Waals surface area contributed by atoms with Gasteiger partial charge in [0.15, 0.2) is 5.69 Å². The Morgan fingerprint density at radius 2 is 2.09 bits per heavy atom. The summed E-state index contributed by atoms with van der Waals surface area (Å²) in [7, 11) is 3.16. The quantitative estimate of drug-likeness (QED) is 0.587. The standard InChI is InChI=1S/C23H25N5O4/c1-31-17-5-6-20(32-2)16(10-17)11-21(29)28-9-7-19-18(14-28)22(27-26-19)23(30)25-13-15-4-3-8-24-12-15/h3-6,8,10,12H,7,9,11,13-14H2,1-2H3,(H,25,30)(H,26,27). The van der Waals surface area contributed by atoms with Gasteiger partial charge in [-0.05, 0) is 29.8 Å². The zero-order chi connectivity index (χ0) is 22.5. The molecule has 2 aromatic heterocycles. The molecule has 3 aromatic rings. The number of carbonyl (C=O) groups is 2. The number of aromatic amines is 1. The van der Waals surface area contributed by atoms with Crippen LogP contribution in [-0.4, -0.2) is 52.7 Å². The van der Waals surface area contributed by atoms with Gasteiger partial charge in [-0.25, -0.2) is 0 Å². The predicted octanol–water partition coefficient (Wildman–Crippen LogP) is 1.88. The van der Waals surface area contributed by atoms with Crippen LogP contribution in [-0.2, 0) is 30.7 Å². The van der Waals surface area contributed by atoms with Crippen LogP contribution in [0.1, 0.15) is 32.9 Å². The lowest BCUT2D eigenvalue weighted by Gasteiger charge is -2.27. The highest BCUT2D eigenvalue weighted by Gasteiger charge is 2.28. The van der Waals surface area contributed by atoms with E-state index in [4.69, 9.17) is 9.47 Å². The van der Waals surface area contributed by atoms with E-state index in [1.54, 1.807) is 49.7 Å². The molecule has 0 fully saturated rings. The third kappa shape index (κ3) is 4.56. The van der Waals surface area contributed by atoms with Crippen LogP contribution in [0.25, 0.3) is 0 Å². The number of H-pyrrole nitrogens is 1. The van der Waals surface area contributed by atoms with Gasteiger partial charge in [0.2, 0.25) is 5.91 Å². The molecule has 0 bridgehead atoms. The molecule has 0 aliphatic carbocycles. The number of ether oxygens (including phenoxy) is 2. The maximum atomic E-state index is 13.1. The van der Waals surface area contributed by atoms with Crippen molar-refractivity contribution in [2.45, 2.75) is 25.9 Å². The second-order valence-electron chi connectivity index (χ2n) is 7.49. The summed E-state index contributed by atoms with van der Waals surface area (Å²) in [6, 6.07) is 9.10. The highest BCUT2D eigenvalue weighted by Crippen LogP contribution is 2.26. The Kier molecular flexibility index (Phi) is 6.34. The average Bonchev–Trinajstić information content (AvgIpc) is 3.26. The Morgan fingerprint density at radius 3 is 2.84 bits per heavy atom. The van der Waals surface area contributed by atoms with Crippen LogP contribution in [0.5, 0.6) is 11.5 Å². The summed E-state index contributed by atoms with van der Waals surface area (Å²) in [5.74, 6) is 0.966. The molecule has 2 amide bonds. The van der Waals surface area contributed by atoms with E-state index in [2.05, 4.69) is 20.5 Å². The van der Waals surface area contributed by atoms with Gasteiger partial charge in [0.25, 0.3) is 5.91 Å². The highest BCUT2D eigenvalue weighted by atomic mass is 16.5. The topological polar surface area (TPSA) is 109 Å². The van der Waals surface area contributed by atoms with Gasteiger partial charge in [0.05, 0.1) is 20.6 Å². The van der Waals surface area contributed by atoms with Crippen LogP contribution in [0.15, 0.2) is 42.7 Å². The number of nitrogens with one attached hydrogen (secondary N) is 2. The molecule has 0 saturated heterocycles. The SMILES string of the molecule is COc1ccc(OC)c(CC(=O)N2CCc3[nH]nc(C(=O)NCc4cccnc4)c3C2)c1. The van der Waals surface area contributed by atoms with E-state index in [9.17, 15) is 9.59 Å². The lowest BCUT2D eigenvalue weighted by molar-refractivity contribution is -0.131. The van der Waals surface area contributed by atoms with Crippen molar-refractivity contribution in [3.05, 3.63) is 70.8 Å². The van der Waals surface area contributed by atoms with E-state index >= 15 is 0 Å². The normalized spacial score (nSPS) is 12.8. The molecule has 1 aliphatic heterocycles. The number of pyridine rings is 1. The van der Waals surface area contributed by atoms with E-state index in [0.717, 1.165) is 22.4 Å². The zero-order valence-corrected chi connectivity index (χ0v) is 18.1. The summed E-state index contributed by atoms with van der Waals surface area (Å²) in [6.45, 7) is 1.23. The minimum Gasteiger partial charge on any atom is -0.497 e. The molecule has 3 heterocycles. The summed E-state index contributed by atoms with van der Waals surface area (Å²) >= 11 is 0.